The summed E-state index contributed by atoms with van der Waals surface area (Å²) in [6.45, 7) is 8.74. The van der Waals surface area contributed by atoms with Crippen molar-refractivity contribution < 1.29 is 4.79 Å². The molecular formula is C20H30N6O. The lowest BCUT2D eigenvalue weighted by Crippen LogP contribution is -2.37. The molecule has 7 heteroatoms. The minimum atomic E-state index is -0.192. The summed E-state index contributed by atoms with van der Waals surface area (Å²) >= 11 is 0. The molecule has 2 N–H and O–H groups in total. The number of rotatable bonds is 8. The van der Waals surface area contributed by atoms with Crippen LogP contribution in [-0.4, -0.2) is 38.8 Å². The van der Waals surface area contributed by atoms with Crippen LogP contribution in [0, 0.1) is 0 Å². The van der Waals surface area contributed by atoms with Crippen molar-refractivity contribution >= 4 is 6.03 Å². The Morgan fingerprint density at radius 3 is 2.93 bits per heavy atom. The van der Waals surface area contributed by atoms with Gasteiger partial charge >= 0.3 is 6.03 Å². The van der Waals surface area contributed by atoms with E-state index in [4.69, 9.17) is 0 Å². The molecular weight excluding hydrogens is 340 g/mol. The maximum Gasteiger partial charge on any atom is 0.315 e. The number of carbonyl (C=O) groups excluding carboxylic acids is 1. The van der Waals surface area contributed by atoms with Crippen LogP contribution < -0.4 is 10.6 Å². The summed E-state index contributed by atoms with van der Waals surface area (Å²) in [5, 5.41) is 10.5. The molecule has 2 aromatic rings. The van der Waals surface area contributed by atoms with Gasteiger partial charge in [-0.05, 0) is 37.6 Å². The van der Waals surface area contributed by atoms with Crippen LogP contribution in [0.5, 0.6) is 0 Å². The molecule has 3 rings (SSSR count). The fourth-order valence-electron chi connectivity index (χ4n) is 3.39. The highest BCUT2D eigenvalue weighted by atomic mass is 16.2. The van der Waals surface area contributed by atoms with Gasteiger partial charge in [-0.3, -0.25) is 14.6 Å². The van der Waals surface area contributed by atoms with Gasteiger partial charge in [0.2, 0.25) is 0 Å². The lowest BCUT2D eigenvalue weighted by atomic mass is 10.1. The second-order valence-corrected chi connectivity index (χ2v) is 7.02. The van der Waals surface area contributed by atoms with E-state index >= 15 is 0 Å². The summed E-state index contributed by atoms with van der Waals surface area (Å²) in [7, 11) is 0. The SMILES string of the molecule is CCCCN1CCn2nc(CNC(=O)N[C@H](CC)c3ccccn3)cc2C1. The van der Waals surface area contributed by atoms with E-state index in [0.29, 0.717) is 6.54 Å². The number of hydrogen-bond donors (Lipinski definition) is 2. The number of fused-ring (bicyclic) bond motifs is 1. The molecule has 0 radical (unpaired) electrons. The summed E-state index contributed by atoms with van der Waals surface area (Å²) in [5.74, 6) is 0. The lowest BCUT2D eigenvalue weighted by molar-refractivity contribution is 0.210. The summed E-state index contributed by atoms with van der Waals surface area (Å²) in [6, 6.07) is 7.57. The second-order valence-electron chi connectivity index (χ2n) is 7.02. The van der Waals surface area contributed by atoms with Crippen LogP contribution in [0.2, 0.25) is 0 Å². The van der Waals surface area contributed by atoms with E-state index in [0.717, 1.165) is 44.0 Å². The minimum Gasteiger partial charge on any atom is -0.332 e. The number of hydrogen-bond acceptors (Lipinski definition) is 4. The van der Waals surface area contributed by atoms with Crippen molar-refractivity contribution in [1.82, 2.24) is 30.3 Å². The predicted octanol–water partition coefficient (Wildman–Crippen LogP) is 2.84. The molecule has 1 aliphatic rings. The molecule has 146 valence electrons. The third kappa shape index (κ3) is 5.29. The lowest BCUT2D eigenvalue weighted by Gasteiger charge is -2.27. The average molecular weight is 371 g/mol. The molecule has 0 fully saturated rings. The smallest absolute Gasteiger partial charge is 0.315 e. The van der Waals surface area contributed by atoms with Crippen LogP contribution >= 0.6 is 0 Å². The number of amides is 2. The zero-order valence-electron chi connectivity index (χ0n) is 16.3. The molecule has 7 nitrogen and oxygen atoms in total. The number of carbonyl (C=O) groups is 1. The predicted molar refractivity (Wildman–Crippen MR) is 105 cm³/mol. The number of urea groups is 1. The van der Waals surface area contributed by atoms with Gasteiger partial charge in [0.05, 0.1) is 36.2 Å². The third-order valence-corrected chi connectivity index (χ3v) is 4.94. The van der Waals surface area contributed by atoms with Gasteiger partial charge in [-0.25, -0.2) is 4.79 Å². The number of nitrogens with one attached hydrogen (secondary N) is 2. The molecule has 0 saturated carbocycles. The molecule has 27 heavy (non-hydrogen) atoms. The Morgan fingerprint density at radius 1 is 1.30 bits per heavy atom. The fourth-order valence-corrected chi connectivity index (χ4v) is 3.39. The molecule has 2 amide bonds. The quantitative estimate of drug-likeness (QED) is 0.749. The average Bonchev–Trinajstić information content (AvgIpc) is 3.11. The number of aromatic nitrogens is 3. The molecule has 1 atom stereocenters. The van der Waals surface area contributed by atoms with E-state index in [1.165, 1.54) is 18.5 Å². The first-order valence-corrected chi connectivity index (χ1v) is 9.92. The molecule has 0 bridgehead atoms. The Morgan fingerprint density at radius 2 is 2.19 bits per heavy atom. The Labute approximate surface area is 161 Å². The van der Waals surface area contributed by atoms with E-state index in [-0.39, 0.29) is 12.1 Å². The summed E-state index contributed by atoms with van der Waals surface area (Å²) in [6.07, 6.45) is 4.99. The molecule has 0 saturated heterocycles. The van der Waals surface area contributed by atoms with Gasteiger partial charge in [0, 0.05) is 19.3 Å². The van der Waals surface area contributed by atoms with Gasteiger partial charge in [0.1, 0.15) is 0 Å². The van der Waals surface area contributed by atoms with Crippen molar-refractivity contribution in [3.8, 4) is 0 Å². The van der Waals surface area contributed by atoms with Crippen LogP contribution in [0.1, 0.15) is 56.2 Å². The molecule has 1 aliphatic heterocycles. The van der Waals surface area contributed by atoms with Crippen molar-refractivity contribution in [3.05, 3.63) is 47.5 Å². The molecule has 3 heterocycles. The summed E-state index contributed by atoms with van der Waals surface area (Å²) in [5.41, 5.74) is 3.01. The maximum absolute atomic E-state index is 12.3. The van der Waals surface area contributed by atoms with Crippen molar-refractivity contribution in [2.75, 3.05) is 13.1 Å². The van der Waals surface area contributed by atoms with E-state index < -0.39 is 0 Å². The Bertz CT molecular complexity index is 729. The topological polar surface area (TPSA) is 75.1 Å². The molecule has 0 unspecified atom stereocenters. The van der Waals surface area contributed by atoms with Crippen molar-refractivity contribution in [2.24, 2.45) is 0 Å². The van der Waals surface area contributed by atoms with Crippen molar-refractivity contribution in [3.63, 3.8) is 0 Å². The highest BCUT2D eigenvalue weighted by Gasteiger charge is 2.18. The largest absolute Gasteiger partial charge is 0.332 e. The van der Waals surface area contributed by atoms with Crippen molar-refractivity contribution in [1.29, 1.82) is 0 Å². The minimum absolute atomic E-state index is 0.0893. The van der Waals surface area contributed by atoms with Crippen LogP contribution in [0.25, 0.3) is 0 Å². The first-order chi connectivity index (χ1) is 13.2. The van der Waals surface area contributed by atoms with Gasteiger partial charge in [-0.15, -0.1) is 0 Å². The number of pyridine rings is 1. The first kappa shape index (κ1) is 19.4. The highest BCUT2D eigenvalue weighted by molar-refractivity contribution is 5.74. The van der Waals surface area contributed by atoms with E-state index in [2.05, 4.69) is 43.3 Å². The third-order valence-electron chi connectivity index (χ3n) is 4.94. The van der Waals surface area contributed by atoms with Crippen LogP contribution in [0.3, 0.4) is 0 Å². The fraction of sp³-hybridized carbons (Fsp3) is 0.550. The number of unbranched alkanes of at least 4 members (excludes halogenated alkanes) is 1. The van der Waals surface area contributed by atoms with Crippen LogP contribution in [0.4, 0.5) is 4.79 Å². The standard InChI is InChI=1S/C20H30N6O/c1-3-5-10-25-11-12-26-17(15-25)13-16(24-26)14-22-20(27)23-18(4-2)19-8-6-7-9-21-19/h6-9,13,18H,3-5,10-12,14-15H2,1-2H3,(H2,22,23,27)/t18-/m1/s1. The molecule has 2 aromatic heterocycles. The summed E-state index contributed by atoms with van der Waals surface area (Å²) < 4.78 is 2.07. The van der Waals surface area contributed by atoms with E-state index in [1.54, 1.807) is 6.20 Å². The van der Waals surface area contributed by atoms with Crippen molar-refractivity contribution in [2.45, 2.75) is 58.8 Å². The maximum atomic E-state index is 12.3. The Balaban J connectivity index is 1.50. The zero-order chi connectivity index (χ0) is 19.1. The van der Waals surface area contributed by atoms with Crippen LogP contribution in [-0.2, 0) is 19.6 Å². The summed E-state index contributed by atoms with van der Waals surface area (Å²) in [4.78, 5) is 19.1. The van der Waals surface area contributed by atoms with Gasteiger partial charge in [-0.1, -0.05) is 26.3 Å². The molecule has 0 aromatic carbocycles. The first-order valence-electron chi connectivity index (χ1n) is 9.92. The monoisotopic (exact) mass is 370 g/mol. The second kappa shape index (κ2) is 9.50. The zero-order valence-corrected chi connectivity index (χ0v) is 16.3. The Kier molecular flexibility index (Phi) is 6.81. The molecule has 0 spiro atoms. The normalized spacial score (nSPS) is 15.2. The van der Waals surface area contributed by atoms with Gasteiger partial charge in [0.15, 0.2) is 0 Å². The number of nitrogens with zero attached hydrogens (tertiary/aromatic N) is 4. The van der Waals surface area contributed by atoms with Gasteiger partial charge in [0.25, 0.3) is 0 Å². The Hall–Kier alpha value is -2.41. The highest BCUT2D eigenvalue weighted by Crippen LogP contribution is 2.15. The molecule has 0 aliphatic carbocycles. The van der Waals surface area contributed by atoms with Gasteiger partial charge < -0.3 is 10.6 Å². The van der Waals surface area contributed by atoms with E-state index in [1.807, 2.05) is 25.1 Å². The van der Waals surface area contributed by atoms with E-state index in [9.17, 15) is 4.79 Å². The van der Waals surface area contributed by atoms with Crippen LogP contribution in [0.15, 0.2) is 30.5 Å². The van der Waals surface area contributed by atoms with Gasteiger partial charge in [-0.2, -0.15) is 5.10 Å².